The van der Waals surface area contributed by atoms with Crippen LogP contribution in [0.15, 0.2) is 53.4 Å². The van der Waals surface area contributed by atoms with Gasteiger partial charge in [-0.3, -0.25) is 10.1 Å². The molecule has 0 aliphatic rings. The second kappa shape index (κ2) is 5.64. The Morgan fingerprint density at radius 3 is 2.56 bits per heavy atom. The summed E-state index contributed by atoms with van der Waals surface area (Å²) in [6.07, 6.45) is 0. The third-order valence-corrected chi connectivity index (χ3v) is 3.49. The highest BCUT2D eigenvalue weighted by Gasteiger charge is 2.15. The third kappa shape index (κ3) is 3.07. The molecule has 2 rings (SSSR count). The van der Waals surface area contributed by atoms with Crippen LogP contribution in [0.1, 0.15) is 5.56 Å². The molecule has 2 aromatic rings. The summed E-state index contributed by atoms with van der Waals surface area (Å²) in [5.41, 5.74) is 0.886. The predicted molar refractivity (Wildman–Crippen MR) is 69.1 cm³/mol. The molecule has 0 atom stereocenters. The van der Waals surface area contributed by atoms with Crippen molar-refractivity contribution in [3.63, 3.8) is 0 Å². The van der Waals surface area contributed by atoms with E-state index >= 15 is 0 Å². The van der Waals surface area contributed by atoms with Gasteiger partial charge in [-0.1, -0.05) is 30.3 Å². The maximum atomic E-state index is 13.0. The fourth-order valence-corrected chi connectivity index (χ4v) is 2.45. The van der Waals surface area contributed by atoms with Crippen molar-refractivity contribution in [1.29, 1.82) is 0 Å². The topological polar surface area (TPSA) is 43.1 Å². The standard InChI is InChI=1S/C13H10FNO2S/c14-11-6-7-13(12(8-11)15(16)17)18-9-10-4-2-1-3-5-10/h1-8H,9H2. The molecular weight excluding hydrogens is 253 g/mol. The monoisotopic (exact) mass is 263 g/mol. The van der Waals surface area contributed by atoms with Crippen molar-refractivity contribution in [2.45, 2.75) is 10.6 Å². The maximum Gasteiger partial charge on any atom is 0.285 e. The zero-order valence-corrected chi connectivity index (χ0v) is 10.2. The van der Waals surface area contributed by atoms with E-state index in [1.165, 1.54) is 23.9 Å². The number of thioether (sulfide) groups is 1. The molecule has 0 bridgehead atoms. The fraction of sp³-hybridized carbons (Fsp3) is 0.0769. The van der Waals surface area contributed by atoms with Gasteiger partial charge < -0.3 is 0 Å². The average molecular weight is 263 g/mol. The maximum absolute atomic E-state index is 13.0. The Morgan fingerprint density at radius 1 is 1.17 bits per heavy atom. The Morgan fingerprint density at radius 2 is 1.89 bits per heavy atom. The summed E-state index contributed by atoms with van der Waals surface area (Å²) < 4.78 is 13.0. The molecule has 5 heteroatoms. The largest absolute Gasteiger partial charge is 0.285 e. The van der Waals surface area contributed by atoms with Crippen LogP contribution in [0.4, 0.5) is 10.1 Å². The highest BCUT2D eigenvalue weighted by molar-refractivity contribution is 7.98. The zero-order valence-electron chi connectivity index (χ0n) is 9.38. The lowest BCUT2D eigenvalue weighted by Crippen LogP contribution is -1.92. The van der Waals surface area contributed by atoms with E-state index in [1.54, 1.807) is 0 Å². The summed E-state index contributed by atoms with van der Waals surface area (Å²) in [7, 11) is 0. The van der Waals surface area contributed by atoms with Crippen LogP contribution in [0.2, 0.25) is 0 Å². The second-order valence-electron chi connectivity index (χ2n) is 3.64. The summed E-state index contributed by atoms with van der Waals surface area (Å²) in [6.45, 7) is 0. The van der Waals surface area contributed by atoms with Gasteiger partial charge in [0, 0.05) is 5.75 Å². The van der Waals surface area contributed by atoms with Crippen molar-refractivity contribution in [2.75, 3.05) is 0 Å². The molecule has 0 radical (unpaired) electrons. The lowest BCUT2D eigenvalue weighted by atomic mass is 10.2. The van der Waals surface area contributed by atoms with Gasteiger partial charge in [0.1, 0.15) is 5.82 Å². The van der Waals surface area contributed by atoms with Gasteiger partial charge in [-0.05, 0) is 17.7 Å². The van der Waals surface area contributed by atoms with E-state index in [0.29, 0.717) is 10.6 Å². The zero-order chi connectivity index (χ0) is 13.0. The number of rotatable bonds is 4. The van der Waals surface area contributed by atoms with Gasteiger partial charge >= 0.3 is 0 Å². The SMILES string of the molecule is O=[N+]([O-])c1cc(F)ccc1SCc1ccccc1. The first-order chi connectivity index (χ1) is 8.66. The van der Waals surface area contributed by atoms with Crippen LogP contribution in [-0.2, 0) is 5.75 Å². The van der Waals surface area contributed by atoms with Crippen LogP contribution in [0, 0.1) is 15.9 Å². The lowest BCUT2D eigenvalue weighted by Gasteiger charge is -2.03. The molecule has 3 nitrogen and oxygen atoms in total. The van der Waals surface area contributed by atoms with E-state index in [9.17, 15) is 14.5 Å². The Labute approximate surface area is 108 Å². The molecule has 18 heavy (non-hydrogen) atoms. The number of benzene rings is 2. The molecule has 0 heterocycles. The van der Waals surface area contributed by atoms with Crippen LogP contribution in [0.3, 0.4) is 0 Å². The number of hydrogen-bond donors (Lipinski definition) is 0. The molecule has 0 saturated heterocycles. The summed E-state index contributed by atoms with van der Waals surface area (Å²) in [5, 5.41) is 10.8. The molecule has 0 aromatic heterocycles. The number of halogens is 1. The van der Waals surface area contributed by atoms with Crippen LogP contribution in [0.5, 0.6) is 0 Å². The molecule has 0 unspecified atom stereocenters. The number of nitro benzene ring substituents is 1. The highest BCUT2D eigenvalue weighted by Crippen LogP contribution is 2.31. The summed E-state index contributed by atoms with van der Waals surface area (Å²) in [5.74, 6) is 0.0265. The normalized spacial score (nSPS) is 10.3. The van der Waals surface area contributed by atoms with Crippen molar-refractivity contribution in [3.05, 3.63) is 70.0 Å². The highest BCUT2D eigenvalue weighted by atomic mass is 32.2. The Balaban J connectivity index is 2.17. The van der Waals surface area contributed by atoms with Crippen molar-refractivity contribution in [1.82, 2.24) is 0 Å². The minimum absolute atomic E-state index is 0.184. The van der Waals surface area contributed by atoms with Crippen molar-refractivity contribution in [3.8, 4) is 0 Å². The van der Waals surface area contributed by atoms with Gasteiger partial charge in [-0.25, -0.2) is 4.39 Å². The van der Waals surface area contributed by atoms with Gasteiger partial charge in [0.15, 0.2) is 0 Å². The Kier molecular flexibility index (Phi) is 3.94. The minimum Gasteiger partial charge on any atom is -0.258 e. The van der Waals surface area contributed by atoms with Crippen molar-refractivity contribution in [2.24, 2.45) is 0 Å². The van der Waals surface area contributed by atoms with Gasteiger partial charge in [0.2, 0.25) is 0 Å². The van der Waals surface area contributed by atoms with Crippen molar-refractivity contribution < 1.29 is 9.31 Å². The molecule has 0 amide bonds. The van der Waals surface area contributed by atoms with E-state index in [0.717, 1.165) is 11.6 Å². The van der Waals surface area contributed by atoms with Crippen LogP contribution < -0.4 is 0 Å². The first kappa shape index (κ1) is 12.6. The van der Waals surface area contributed by atoms with Gasteiger partial charge in [0.25, 0.3) is 5.69 Å². The molecule has 0 aliphatic heterocycles. The number of nitrogens with zero attached hydrogens (tertiary/aromatic N) is 1. The Bertz CT molecular complexity index is 560. The Hall–Kier alpha value is -1.88. The molecule has 0 saturated carbocycles. The smallest absolute Gasteiger partial charge is 0.258 e. The lowest BCUT2D eigenvalue weighted by molar-refractivity contribution is -0.387. The van der Waals surface area contributed by atoms with Crippen molar-refractivity contribution >= 4 is 17.4 Å². The van der Waals surface area contributed by atoms with E-state index in [4.69, 9.17) is 0 Å². The summed E-state index contributed by atoms with van der Waals surface area (Å²) >= 11 is 1.33. The van der Waals surface area contributed by atoms with Gasteiger partial charge in [0.05, 0.1) is 15.9 Å². The van der Waals surface area contributed by atoms with Gasteiger partial charge in [-0.15, -0.1) is 11.8 Å². The van der Waals surface area contributed by atoms with Gasteiger partial charge in [-0.2, -0.15) is 0 Å². The first-order valence-electron chi connectivity index (χ1n) is 5.27. The number of hydrogen-bond acceptors (Lipinski definition) is 3. The fourth-order valence-electron chi connectivity index (χ4n) is 1.49. The molecule has 2 aromatic carbocycles. The summed E-state index contributed by atoms with van der Waals surface area (Å²) in [6, 6.07) is 13.3. The van der Waals surface area contributed by atoms with E-state index in [2.05, 4.69) is 0 Å². The molecule has 0 aliphatic carbocycles. The average Bonchev–Trinajstić information content (AvgIpc) is 2.38. The molecule has 0 fully saturated rings. The van der Waals surface area contributed by atoms with Crippen LogP contribution in [-0.4, -0.2) is 4.92 Å². The van der Waals surface area contributed by atoms with Crippen LogP contribution >= 0.6 is 11.8 Å². The van der Waals surface area contributed by atoms with E-state index in [-0.39, 0.29) is 5.69 Å². The summed E-state index contributed by atoms with van der Waals surface area (Å²) in [4.78, 5) is 10.7. The quantitative estimate of drug-likeness (QED) is 0.475. The second-order valence-corrected chi connectivity index (χ2v) is 4.66. The number of nitro groups is 1. The molecule has 0 spiro atoms. The van der Waals surface area contributed by atoms with E-state index in [1.807, 2.05) is 30.3 Å². The first-order valence-corrected chi connectivity index (χ1v) is 6.26. The predicted octanol–water partition coefficient (Wildman–Crippen LogP) is 4.03. The third-order valence-electron chi connectivity index (χ3n) is 2.35. The molecule has 0 N–H and O–H groups in total. The van der Waals surface area contributed by atoms with Crippen LogP contribution in [0.25, 0.3) is 0 Å². The molecular formula is C13H10FNO2S. The minimum atomic E-state index is -0.592. The van der Waals surface area contributed by atoms with E-state index < -0.39 is 10.7 Å². The molecule has 92 valence electrons.